The van der Waals surface area contributed by atoms with Gasteiger partial charge in [-0.05, 0) is 30.4 Å². The van der Waals surface area contributed by atoms with Crippen molar-refractivity contribution in [2.75, 3.05) is 12.4 Å². The average Bonchev–Trinajstić information content (AvgIpc) is 2.84. The maximum atomic E-state index is 10.6. The number of nitrogens with zero attached hydrogens (tertiary/aromatic N) is 4. The first kappa shape index (κ1) is 14.9. The molecule has 0 radical (unpaired) electrons. The number of aromatic nitrogens is 2. The topological polar surface area (TPSA) is 76.2 Å². The van der Waals surface area contributed by atoms with Crippen LogP contribution in [-0.2, 0) is 13.6 Å². The molecule has 0 spiro atoms. The van der Waals surface area contributed by atoms with E-state index in [0.29, 0.717) is 17.3 Å². The standard InChI is InChI=1S/C13H15N5O2S/c1-16(9-12-7-8-14-17(12)2)13(21)15-10-3-5-11(6-4-10)18(19)20/h3-8H,9H2,1-2H3,(H,15,21). The lowest BCUT2D eigenvalue weighted by atomic mass is 10.3. The average molecular weight is 305 g/mol. The molecule has 0 aliphatic rings. The highest BCUT2D eigenvalue weighted by Gasteiger charge is 2.09. The number of rotatable bonds is 4. The third-order valence-corrected chi connectivity index (χ3v) is 3.41. The first-order valence-corrected chi connectivity index (χ1v) is 6.61. The summed E-state index contributed by atoms with van der Waals surface area (Å²) in [6, 6.07) is 8.05. The molecule has 0 unspecified atom stereocenters. The Morgan fingerprint density at radius 3 is 2.62 bits per heavy atom. The molecular weight excluding hydrogens is 290 g/mol. The van der Waals surface area contributed by atoms with Crippen molar-refractivity contribution < 1.29 is 4.92 Å². The van der Waals surface area contributed by atoms with E-state index in [2.05, 4.69) is 10.4 Å². The van der Waals surface area contributed by atoms with E-state index in [1.165, 1.54) is 12.1 Å². The van der Waals surface area contributed by atoms with Gasteiger partial charge in [-0.25, -0.2) is 0 Å². The Morgan fingerprint density at radius 1 is 1.43 bits per heavy atom. The van der Waals surface area contributed by atoms with E-state index < -0.39 is 4.92 Å². The number of nitro benzene ring substituents is 1. The van der Waals surface area contributed by atoms with Crippen molar-refractivity contribution in [2.24, 2.45) is 7.05 Å². The van der Waals surface area contributed by atoms with Gasteiger partial charge in [-0.2, -0.15) is 5.10 Å². The summed E-state index contributed by atoms with van der Waals surface area (Å²) >= 11 is 5.31. The number of non-ortho nitro benzene ring substituents is 1. The lowest BCUT2D eigenvalue weighted by Gasteiger charge is -2.21. The lowest BCUT2D eigenvalue weighted by molar-refractivity contribution is -0.384. The molecule has 1 aromatic heterocycles. The SMILES string of the molecule is CN(Cc1ccnn1C)C(=S)Nc1ccc([N+](=O)[O-])cc1. The van der Waals surface area contributed by atoms with Gasteiger partial charge in [-0.15, -0.1) is 0 Å². The van der Waals surface area contributed by atoms with Gasteiger partial charge in [-0.1, -0.05) is 0 Å². The zero-order chi connectivity index (χ0) is 15.4. The Balaban J connectivity index is 1.97. The Hall–Kier alpha value is -2.48. The Morgan fingerprint density at radius 2 is 2.10 bits per heavy atom. The first-order valence-electron chi connectivity index (χ1n) is 6.21. The summed E-state index contributed by atoms with van der Waals surface area (Å²) in [6.07, 6.45) is 1.73. The van der Waals surface area contributed by atoms with Gasteiger partial charge < -0.3 is 10.2 Å². The predicted molar refractivity (Wildman–Crippen MR) is 84.0 cm³/mol. The van der Waals surface area contributed by atoms with Crippen molar-refractivity contribution in [2.45, 2.75) is 6.54 Å². The van der Waals surface area contributed by atoms with Crippen molar-refractivity contribution in [3.63, 3.8) is 0 Å². The Bertz CT molecular complexity index is 653. The summed E-state index contributed by atoms with van der Waals surface area (Å²) < 4.78 is 1.78. The first-order chi connectivity index (χ1) is 9.97. The summed E-state index contributed by atoms with van der Waals surface area (Å²) in [5, 5.41) is 18.3. The molecule has 1 aromatic carbocycles. The van der Waals surface area contributed by atoms with Crippen molar-refractivity contribution in [1.82, 2.24) is 14.7 Å². The molecule has 0 amide bonds. The van der Waals surface area contributed by atoms with Crippen molar-refractivity contribution in [3.05, 3.63) is 52.3 Å². The number of aryl methyl sites for hydroxylation is 1. The van der Waals surface area contributed by atoms with E-state index in [1.54, 1.807) is 23.0 Å². The van der Waals surface area contributed by atoms with Gasteiger partial charge in [0.2, 0.25) is 0 Å². The summed E-state index contributed by atoms with van der Waals surface area (Å²) in [5.41, 5.74) is 1.79. The van der Waals surface area contributed by atoms with Gasteiger partial charge in [0.05, 0.1) is 17.2 Å². The van der Waals surface area contributed by atoms with Crippen molar-refractivity contribution in [3.8, 4) is 0 Å². The molecule has 0 aliphatic heterocycles. The molecular formula is C13H15N5O2S. The van der Waals surface area contributed by atoms with Crippen LogP contribution >= 0.6 is 12.2 Å². The molecule has 0 bridgehead atoms. The van der Waals surface area contributed by atoms with Crippen LogP contribution in [0.4, 0.5) is 11.4 Å². The highest BCUT2D eigenvalue weighted by Crippen LogP contribution is 2.16. The number of anilines is 1. The second-order valence-electron chi connectivity index (χ2n) is 4.54. The van der Waals surface area contributed by atoms with Crippen LogP contribution in [0.1, 0.15) is 5.69 Å². The molecule has 110 valence electrons. The van der Waals surface area contributed by atoms with Crippen LogP contribution in [-0.4, -0.2) is 31.8 Å². The lowest BCUT2D eigenvalue weighted by Crippen LogP contribution is -2.31. The number of nitrogens with one attached hydrogen (secondary N) is 1. The van der Waals surface area contributed by atoms with Crippen LogP contribution in [0.5, 0.6) is 0 Å². The van der Waals surface area contributed by atoms with Gasteiger partial charge in [0.1, 0.15) is 0 Å². The van der Waals surface area contributed by atoms with Crippen molar-refractivity contribution >= 4 is 28.7 Å². The molecule has 0 aliphatic carbocycles. The zero-order valence-electron chi connectivity index (χ0n) is 11.7. The number of hydrogen-bond acceptors (Lipinski definition) is 4. The molecule has 8 heteroatoms. The molecule has 1 heterocycles. The Kier molecular flexibility index (Phi) is 4.49. The molecule has 0 atom stereocenters. The number of thiocarbonyl (C=S) groups is 1. The minimum atomic E-state index is -0.434. The maximum absolute atomic E-state index is 10.6. The fraction of sp³-hybridized carbons (Fsp3) is 0.231. The Labute approximate surface area is 127 Å². The molecule has 0 fully saturated rings. The summed E-state index contributed by atoms with van der Waals surface area (Å²) in [5.74, 6) is 0. The molecule has 0 saturated carbocycles. The fourth-order valence-electron chi connectivity index (χ4n) is 1.76. The van der Waals surface area contributed by atoms with E-state index in [1.807, 2.05) is 25.1 Å². The molecule has 0 saturated heterocycles. The van der Waals surface area contributed by atoms with Gasteiger partial charge in [0.15, 0.2) is 5.11 Å². The van der Waals surface area contributed by atoms with Gasteiger partial charge >= 0.3 is 0 Å². The van der Waals surface area contributed by atoms with Crippen LogP contribution in [0.15, 0.2) is 36.5 Å². The normalized spacial score (nSPS) is 10.2. The highest BCUT2D eigenvalue weighted by atomic mass is 32.1. The van der Waals surface area contributed by atoms with E-state index in [-0.39, 0.29) is 5.69 Å². The van der Waals surface area contributed by atoms with Crippen molar-refractivity contribution in [1.29, 1.82) is 0 Å². The highest BCUT2D eigenvalue weighted by molar-refractivity contribution is 7.80. The molecule has 1 N–H and O–H groups in total. The molecule has 2 aromatic rings. The van der Waals surface area contributed by atoms with Crippen LogP contribution in [0, 0.1) is 10.1 Å². The molecule has 2 rings (SSSR count). The summed E-state index contributed by atoms with van der Waals surface area (Å²) in [6.45, 7) is 0.620. The number of nitro groups is 1. The van der Waals surface area contributed by atoms with Crippen LogP contribution in [0.3, 0.4) is 0 Å². The van der Waals surface area contributed by atoms with E-state index in [4.69, 9.17) is 12.2 Å². The van der Waals surface area contributed by atoms with Crippen LogP contribution in [0.25, 0.3) is 0 Å². The minimum Gasteiger partial charge on any atom is -0.346 e. The third-order valence-electron chi connectivity index (χ3n) is 3.00. The number of hydrogen-bond donors (Lipinski definition) is 1. The van der Waals surface area contributed by atoms with E-state index in [9.17, 15) is 10.1 Å². The second-order valence-corrected chi connectivity index (χ2v) is 4.92. The predicted octanol–water partition coefficient (Wildman–Crippen LogP) is 2.16. The van der Waals surface area contributed by atoms with Gasteiger partial charge in [-0.3, -0.25) is 14.8 Å². The van der Waals surface area contributed by atoms with Crippen LogP contribution < -0.4 is 5.32 Å². The van der Waals surface area contributed by atoms with E-state index in [0.717, 1.165) is 5.69 Å². The number of benzene rings is 1. The molecule has 21 heavy (non-hydrogen) atoms. The van der Waals surface area contributed by atoms with Crippen LogP contribution in [0.2, 0.25) is 0 Å². The fourth-order valence-corrected chi connectivity index (χ4v) is 1.94. The second kappa shape index (κ2) is 6.31. The van der Waals surface area contributed by atoms with E-state index >= 15 is 0 Å². The molecule has 7 nitrogen and oxygen atoms in total. The van der Waals surface area contributed by atoms with Gasteiger partial charge in [0, 0.05) is 38.1 Å². The quantitative estimate of drug-likeness (QED) is 0.530. The summed E-state index contributed by atoms with van der Waals surface area (Å²) in [7, 11) is 3.74. The minimum absolute atomic E-state index is 0.0507. The smallest absolute Gasteiger partial charge is 0.269 e. The largest absolute Gasteiger partial charge is 0.346 e. The van der Waals surface area contributed by atoms with Gasteiger partial charge in [0.25, 0.3) is 5.69 Å². The zero-order valence-corrected chi connectivity index (χ0v) is 12.5. The third kappa shape index (κ3) is 3.76. The summed E-state index contributed by atoms with van der Waals surface area (Å²) in [4.78, 5) is 12.0. The monoisotopic (exact) mass is 305 g/mol. The maximum Gasteiger partial charge on any atom is 0.269 e.